The second-order valence-corrected chi connectivity index (χ2v) is 3.26. The van der Waals surface area contributed by atoms with Crippen molar-refractivity contribution in [1.82, 2.24) is 0 Å². The molecule has 0 atom stereocenters. The van der Waals surface area contributed by atoms with Crippen LogP contribution in [-0.2, 0) is 19.1 Å². The van der Waals surface area contributed by atoms with Crippen LogP contribution in [-0.4, -0.2) is 41.7 Å². The first-order valence-electron chi connectivity index (χ1n) is 6.12. The van der Waals surface area contributed by atoms with Gasteiger partial charge in [-0.15, -0.1) is 6.58 Å². The van der Waals surface area contributed by atoms with E-state index in [9.17, 15) is 9.59 Å². The van der Waals surface area contributed by atoms with Crippen molar-refractivity contribution in [2.24, 2.45) is 0 Å². The third kappa shape index (κ3) is 18.4. The Morgan fingerprint density at radius 2 is 1.45 bits per heavy atom. The third-order valence-corrected chi connectivity index (χ3v) is 1.65. The second kappa shape index (κ2) is 15.1. The van der Waals surface area contributed by atoms with Crippen LogP contribution in [0, 0.1) is 0 Å². The molecule has 0 fully saturated rings. The molecule has 0 bridgehead atoms. The number of hydrogen-bond acceptors (Lipinski definition) is 4. The number of carboxylic acids is 2. The van der Waals surface area contributed by atoms with E-state index in [1.807, 2.05) is 13.8 Å². The van der Waals surface area contributed by atoms with Crippen molar-refractivity contribution in [2.75, 3.05) is 13.2 Å². The van der Waals surface area contributed by atoms with Crippen molar-refractivity contribution >= 4 is 11.9 Å². The molecule has 0 saturated carbocycles. The fourth-order valence-corrected chi connectivity index (χ4v) is 0.968. The molecule has 114 valence electrons. The van der Waals surface area contributed by atoms with Gasteiger partial charge in [-0.25, -0.2) is 9.59 Å². The summed E-state index contributed by atoms with van der Waals surface area (Å²) in [5.41, 5.74) is 0. The SMILES string of the molecule is C=CCC(OCC)OCC.O=C(O)/C=C/C=C/C(=O)O. The first kappa shape index (κ1) is 20.4. The Labute approximate surface area is 119 Å². The third-order valence-electron chi connectivity index (χ3n) is 1.65. The van der Waals surface area contributed by atoms with E-state index < -0.39 is 11.9 Å². The molecule has 20 heavy (non-hydrogen) atoms. The maximum absolute atomic E-state index is 9.78. The van der Waals surface area contributed by atoms with Crippen molar-refractivity contribution in [3.63, 3.8) is 0 Å². The molecular weight excluding hydrogens is 264 g/mol. The highest BCUT2D eigenvalue weighted by atomic mass is 16.7. The number of rotatable bonds is 9. The van der Waals surface area contributed by atoms with E-state index in [-0.39, 0.29) is 6.29 Å². The lowest BCUT2D eigenvalue weighted by molar-refractivity contribution is -0.133. The largest absolute Gasteiger partial charge is 0.478 e. The molecule has 0 aromatic carbocycles. The fraction of sp³-hybridized carbons (Fsp3) is 0.429. The number of hydrogen-bond donors (Lipinski definition) is 2. The Morgan fingerprint density at radius 3 is 1.70 bits per heavy atom. The first-order valence-corrected chi connectivity index (χ1v) is 6.12. The van der Waals surface area contributed by atoms with E-state index >= 15 is 0 Å². The van der Waals surface area contributed by atoms with Gasteiger partial charge in [-0.3, -0.25) is 0 Å². The first-order chi connectivity index (χ1) is 9.47. The molecule has 0 rings (SSSR count). The molecule has 0 unspecified atom stereocenters. The number of carbonyl (C=O) groups is 2. The lowest BCUT2D eigenvalue weighted by Crippen LogP contribution is -2.15. The summed E-state index contributed by atoms with van der Waals surface area (Å²) in [5, 5.41) is 16.0. The standard InChI is InChI=1S/C8H16O2.C6H6O4/c1-4-7-8(9-5-2)10-6-3;7-5(8)3-1-2-4-6(9)10/h4,8H,1,5-7H2,2-3H3;1-4H,(H,7,8)(H,9,10)/b;3-1+,4-2+. The Morgan fingerprint density at radius 1 is 1.05 bits per heavy atom. The molecule has 0 aliphatic carbocycles. The van der Waals surface area contributed by atoms with Gasteiger partial charge in [0.05, 0.1) is 0 Å². The molecule has 0 aromatic heterocycles. The quantitative estimate of drug-likeness (QED) is 0.292. The topological polar surface area (TPSA) is 93.1 Å². The Hall–Kier alpha value is -1.92. The van der Waals surface area contributed by atoms with Gasteiger partial charge in [0.15, 0.2) is 6.29 Å². The van der Waals surface area contributed by atoms with Crippen LogP contribution in [0.1, 0.15) is 20.3 Å². The summed E-state index contributed by atoms with van der Waals surface area (Å²) in [6.45, 7) is 8.90. The van der Waals surface area contributed by atoms with Crippen LogP contribution in [0.5, 0.6) is 0 Å². The normalized spacial score (nSPS) is 10.6. The van der Waals surface area contributed by atoms with Crippen molar-refractivity contribution in [1.29, 1.82) is 0 Å². The molecule has 0 aliphatic heterocycles. The van der Waals surface area contributed by atoms with Crippen LogP contribution in [0.3, 0.4) is 0 Å². The molecule has 0 heterocycles. The molecule has 0 aliphatic rings. The molecular formula is C14H22O6. The van der Waals surface area contributed by atoms with Gasteiger partial charge in [0, 0.05) is 31.8 Å². The average molecular weight is 286 g/mol. The van der Waals surface area contributed by atoms with Crippen LogP contribution in [0.15, 0.2) is 37.0 Å². The zero-order chi connectivity index (χ0) is 15.8. The summed E-state index contributed by atoms with van der Waals surface area (Å²) >= 11 is 0. The minimum Gasteiger partial charge on any atom is -0.478 e. The van der Waals surface area contributed by atoms with Crippen LogP contribution in [0.2, 0.25) is 0 Å². The number of aliphatic carboxylic acids is 2. The van der Waals surface area contributed by atoms with Gasteiger partial charge < -0.3 is 19.7 Å². The minimum absolute atomic E-state index is 0.0903. The number of carboxylic acid groups (broad SMARTS) is 2. The zero-order valence-corrected chi connectivity index (χ0v) is 11.8. The van der Waals surface area contributed by atoms with Crippen LogP contribution < -0.4 is 0 Å². The Bertz CT molecular complexity index is 305. The summed E-state index contributed by atoms with van der Waals surface area (Å²) in [6.07, 6.45) is 6.44. The molecule has 0 radical (unpaired) electrons. The predicted molar refractivity (Wildman–Crippen MR) is 75.4 cm³/mol. The summed E-state index contributed by atoms with van der Waals surface area (Å²) in [5.74, 6) is -2.20. The smallest absolute Gasteiger partial charge is 0.328 e. The maximum Gasteiger partial charge on any atom is 0.328 e. The Kier molecular flexibility index (Phi) is 15.4. The minimum atomic E-state index is -1.10. The van der Waals surface area contributed by atoms with Gasteiger partial charge in [0.2, 0.25) is 0 Å². The summed E-state index contributed by atoms with van der Waals surface area (Å²) in [6, 6.07) is 0. The summed E-state index contributed by atoms with van der Waals surface area (Å²) < 4.78 is 10.5. The van der Waals surface area contributed by atoms with E-state index in [1.54, 1.807) is 6.08 Å². The molecule has 0 spiro atoms. The van der Waals surface area contributed by atoms with Gasteiger partial charge in [-0.1, -0.05) is 18.2 Å². The molecule has 0 saturated heterocycles. The van der Waals surface area contributed by atoms with Crippen molar-refractivity contribution < 1.29 is 29.3 Å². The van der Waals surface area contributed by atoms with Gasteiger partial charge in [0.1, 0.15) is 0 Å². The van der Waals surface area contributed by atoms with Crippen LogP contribution in [0.4, 0.5) is 0 Å². The van der Waals surface area contributed by atoms with Gasteiger partial charge in [-0.2, -0.15) is 0 Å². The monoisotopic (exact) mass is 286 g/mol. The Balaban J connectivity index is 0. The highest BCUT2D eigenvalue weighted by Gasteiger charge is 2.02. The van der Waals surface area contributed by atoms with E-state index in [2.05, 4.69) is 6.58 Å². The van der Waals surface area contributed by atoms with Crippen LogP contribution >= 0.6 is 0 Å². The molecule has 0 aromatic rings. The van der Waals surface area contributed by atoms with E-state index in [0.29, 0.717) is 13.2 Å². The lowest BCUT2D eigenvalue weighted by atomic mass is 10.4. The molecule has 6 heteroatoms. The summed E-state index contributed by atoms with van der Waals surface area (Å²) in [7, 11) is 0. The lowest BCUT2D eigenvalue weighted by Gasteiger charge is -2.13. The van der Waals surface area contributed by atoms with Crippen molar-refractivity contribution in [3.05, 3.63) is 37.0 Å². The highest BCUT2D eigenvalue weighted by molar-refractivity contribution is 5.82. The van der Waals surface area contributed by atoms with Gasteiger partial charge >= 0.3 is 11.9 Å². The van der Waals surface area contributed by atoms with E-state index in [4.69, 9.17) is 19.7 Å². The highest BCUT2D eigenvalue weighted by Crippen LogP contribution is 2.00. The predicted octanol–water partition coefficient (Wildman–Crippen LogP) is 2.23. The zero-order valence-electron chi connectivity index (χ0n) is 11.8. The maximum atomic E-state index is 9.78. The van der Waals surface area contributed by atoms with Gasteiger partial charge in [-0.05, 0) is 13.8 Å². The second-order valence-electron chi connectivity index (χ2n) is 3.26. The van der Waals surface area contributed by atoms with Crippen LogP contribution in [0.25, 0.3) is 0 Å². The fourth-order valence-electron chi connectivity index (χ4n) is 0.968. The van der Waals surface area contributed by atoms with Crippen molar-refractivity contribution in [3.8, 4) is 0 Å². The number of allylic oxidation sites excluding steroid dienone is 2. The van der Waals surface area contributed by atoms with E-state index in [0.717, 1.165) is 30.7 Å². The average Bonchev–Trinajstić information content (AvgIpc) is 2.36. The summed E-state index contributed by atoms with van der Waals surface area (Å²) in [4.78, 5) is 19.6. The molecule has 0 amide bonds. The molecule has 2 N–H and O–H groups in total. The van der Waals surface area contributed by atoms with E-state index in [1.165, 1.54) is 0 Å². The van der Waals surface area contributed by atoms with Crippen molar-refractivity contribution in [2.45, 2.75) is 26.6 Å². The van der Waals surface area contributed by atoms with Gasteiger partial charge in [0.25, 0.3) is 0 Å². The number of ether oxygens (including phenoxy) is 2. The molecule has 6 nitrogen and oxygen atoms in total.